The number of hydrogen-bond acceptors (Lipinski definition) is 6. The third-order valence-corrected chi connectivity index (χ3v) is 3.88. The van der Waals surface area contributed by atoms with E-state index in [4.69, 9.17) is 10.00 Å². The van der Waals surface area contributed by atoms with Crippen molar-refractivity contribution >= 4 is 28.2 Å². The zero-order valence-corrected chi connectivity index (χ0v) is 13.3. The minimum Gasteiger partial charge on any atom is -0.507 e. The number of nitriles is 1. The third kappa shape index (κ3) is 3.87. The van der Waals surface area contributed by atoms with Crippen LogP contribution >= 0.6 is 11.3 Å². The van der Waals surface area contributed by atoms with E-state index >= 15 is 0 Å². The van der Waals surface area contributed by atoms with Crippen molar-refractivity contribution in [3.63, 3.8) is 0 Å². The summed E-state index contributed by atoms with van der Waals surface area (Å²) in [6, 6.07) is 8.07. The lowest BCUT2D eigenvalue weighted by atomic mass is 10.1. The van der Waals surface area contributed by atoms with Crippen LogP contribution in [0.3, 0.4) is 0 Å². The van der Waals surface area contributed by atoms with Crippen LogP contribution < -0.4 is 5.32 Å². The molecule has 6 nitrogen and oxygen atoms in total. The van der Waals surface area contributed by atoms with Crippen molar-refractivity contribution in [2.45, 2.75) is 20.0 Å². The lowest BCUT2D eigenvalue weighted by molar-refractivity contribution is -0.123. The Morgan fingerprint density at radius 1 is 1.39 bits per heavy atom. The number of carbonyl (C=O) groups excluding carboxylic acids is 2. The van der Waals surface area contributed by atoms with Gasteiger partial charge in [-0.3, -0.25) is 4.79 Å². The Bertz CT molecular complexity index is 792. The molecule has 2 rings (SSSR count). The maximum Gasteiger partial charge on any atom is 0.342 e. The van der Waals surface area contributed by atoms with Gasteiger partial charge in [-0.25, -0.2) is 4.79 Å². The van der Waals surface area contributed by atoms with E-state index in [2.05, 4.69) is 5.32 Å². The quantitative estimate of drug-likeness (QED) is 0.840. The largest absolute Gasteiger partial charge is 0.507 e. The number of nitrogens with one attached hydrogen (secondary N) is 1. The van der Waals surface area contributed by atoms with Gasteiger partial charge in [0.25, 0.3) is 5.91 Å². The topological polar surface area (TPSA) is 99.4 Å². The Morgan fingerprint density at radius 2 is 2.13 bits per heavy atom. The Morgan fingerprint density at radius 3 is 2.78 bits per heavy atom. The van der Waals surface area contributed by atoms with Crippen molar-refractivity contribution in [2.24, 2.45) is 0 Å². The lowest BCUT2D eigenvalue weighted by Gasteiger charge is -2.13. The van der Waals surface area contributed by atoms with E-state index in [-0.39, 0.29) is 11.3 Å². The Balaban J connectivity index is 2.03. The lowest BCUT2D eigenvalue weighted by Crippen LogP contribution is -2.30. The Kier molecular flexibility index (Phi) is 4.98. The first-order valence-corrected chi connectivity index (χ1v) is 7.59. The second-order valence-corrected chi connectivity index (χ2v) is 5.75. The Hall–Kier alpha value is -2.85. The van der Waals surface area contributed by atoms with Crippen molar-refractivity contribution in [1.29, 1.82) is 5.26 Å². The fraction of sp³-hybridized carbons (Fsp3) is 0.188. The molecule has 1 aromatic carbocycles. The molecule has 118 valence electrons. The molecule has 0 radical (unpaired) electrons. The van der Waals surface area contributed by atoms with E-state index < -0.39 is 18.0 Å². The fourth-order valence-corrected chi connectivity index (χ4v) is 2.54. The molecule has 0 aliphatic carbocycles. The van der Waals surface area contributed by atoms with Crippen LogP contribution in [0, 0.1) is 18.3 Å². The standard InChI is InChI=1S/C16H14N2O4S/c1-9-3-4-12(13(19)7-9)16(21)22-10(2)14(20)18-15-11(8-17)5-6-23-15/h3-7,10,19H,1-2H3,(H,18,20)/t10-/m0/s1. The predicted molar refractivity (Wildman–Crippen MR) is 85.4 cm³/mol. The van der Waals surface area contributed by atoms with Gasteiger partial charge in [-0.05, 0) is 43.0 Å². The van der Waals surface area contributed by atoms with Crippen LogP contribution in [0.4, 0.5) is 5.00 Å². The van der Waals surface area contributed by atoms with E-state index in [0.717, 1.165) is 5.56 Å². The number of ether oxygens (including phenoxy) is 1. The van der Waals surface area contributed by atoms with Gasteiger partial charge in [-0.2, -0.15) is 5.26 Å². The highest BCUT2D eigenvalue weighted by Crippen LogP contribution is 2.23. The van der Waals surface area contributed by atoms with Crippen molar-refractivity contribution in [2.75, 3.05) is 5.32 Å². The summed E-state index contributed by atoms with van der Waals surface area (Å²) in [6.07, 6.45) is -1.07. The maximum absolute atomic E-state index is 12.0. The average Bonchev–Trinajstić information content (AvgIpc) is 2.94. The molecule has 0 bridgehead atoms. The third-order valence-electron chi connectivity index (χ3n) is 3.05. The number of carbonyl (C=O) groups is 2. The highest BCUT2D eigenvalue weighted by atomic mass is 32.1. The minimum atomic E-state index is -1.07. The zero-order chi connectivity index (χ0) is 17.0. The molecule has 0 aliphatic rings. The van der Waals surface area contributed by atoms with Crippen molar-refractivity contribution in [3.05, 3.63) is 46.3 Å². The van der Waals surface area contributed by atoms with Crippen LogP contribution in [0.1, 0.15) is 28.4 Å². The number of benzene rings is 1. The normalized spacial score (nSPS) is 11.3. The van der Waals surface area contributed by atoms with Crippen molar-refractivity contribution in [1.82, 2.24) is 0 Å². The number of aromatic hydroxyl groups is 1. The molecule has 1 amide bonds. The van der Waals surface area contributed by atoms with Gasteiger partial charge >= 0.3 is 5.97 Å². The van der Waals surface area contributed by atoms with Gasteiger partial charge in [0, 0.05) is 0 Å². The molecule has 0 saturated heterocycles. The van der Waals surface area contributed by atoms with Gasteiger partial charge in [0.1, 0.15) is 22.4 Å². The van der Waals surface area contributed by atoms with E-state index in [1.54, 1.807) is 24.4 Å². The first kappa shape index (κ1) is 16.5. The van der Waals surface area contributed by atoms with Gasteiger partial charge in [0.2, 0.25) is 0 Å². The summed E-state index contributed by atoms with van der Waals surface area (Å²) in [5.74, 6) is -1.55. The number of nitrogens with zero attached hydrogens (tertiary/aromatic N) is 1. The molecule has 0 aliphatic heterocycles. The highest BCUT2D eigenvalue weighted by molar-refractivity contribution is 7.14. The minimum absolute atomic E-state index is 0.0101. The highest BCUT2D eigenvalue weighted by Gasteiger charge is 2.22. The first-order valence-electron chi connectivity index (χ1n) is 6.71. The molecule has 2 N–H and O–H groups in total. The van der Waals surface area contributed by atoms with Gasteiger partial charge < -0.3 is 15.2 Å². The molecule has 23 heavy (non-hydrogen) atoms. The number of hydrogen-bond donors (Lipinski definition) is 2. The van der Waals surface area contributed by atoms with Crippen LogP contribution in [-0.2, 0) is 9.53 Å². The monoisotopic (exact) mass is 330 g/mol. The average molecular weight is 330 g/mol. The molecule has 0 unspecified atom stereocenters. The molecule has 1 atom stereocenters. The molecule has 1 heterocycles. The SMILES string of the molecule is Cc1ccc(C(=O)O[C@@H](C)C(=O)Nc2sccc2C#N)c(O)c1. The van der Waals surface area contributed by atoms with Gasteiger partial charge in [0.15, 0.2) is 6.10 Å². The smallest absolute Gasteiger partial charge is 0.342 e. The Labute approximate surface area is 136 Å². The van der Waals surface area contributed by atoms with Crippen molar-refractivity contribution in [3.8, 4) is 11.8 Å². The van der Waals surface area contributed by atoms with Crippen LogP contribution in [0.15, 0.2) is 29.6 Å². The first-order chi connectivity index (χ1) is 10.9. The van der Waals surface area contributed by atoms with Crippen molar-refractivity contribution < 1.29 is 19.4 Å². The summed E-state index contributed by atoms with van der Waals surface area (Å²) in [5.41, 5.74) is 1.13. The van der Waals surface area contributed by atoms with Gasteiger partial charge in [-0.15, -0.1) is 11.3 Å². The summed E-state index contributed by atoms with van der Waals surface area (Å²) >= 11 is 1.20. The van der Waals surface area contributed by atoms with E-state index in [0.29, 0.717) is 10.6 Å². The fourth-order valence-electron chi connectivity index (χ4n) is 1.80. The van der Waals surface area contributed by atoms with E-state index in [1.807, 2.05) is 6.07 Å². The number of esters is 1. The van der Waals surface area contributed by atoms with Crippen LogP contribution in [0.25, 0.3) is 0 Å². The number of phenols is 1. The molecule has 0 saturated carbocycles. The number of anilines is 1. The summed E-state index contributed by atoms with van der Waals surface area (Å²) in [6.45, 7) is 3.19. The zero-order valence-electron chi connectivity index (χ0n) is 12.5. The van der Waals surface area contributed by atoms with E-state index in [1.165, 1.54) is 30.4 Å². The van der Waals surface area contributed by atoms with Crippen LogP contribution in [0.2, 0.25) is 0 Å². The summed E-state index contributed by atoms with van der Waals surface area (Å²) in [7, 11) is 0. The van der Waals surface area contributed by atoms with Gasteiger partial charge in [-0.1, -0.05) is 6.07 Å². The van der Waals surface area contributed by atoms with Crippen LogP contribution in [0.5, 0.6) is 5.75 Å². The molecule has 7 heteroatoms. The molecule has 0 fully saturated rings. The number of rotatable bonds is 4. The maximum atomic E-state index is 12.0. The summed E-state index contributed by atoms with van der Waals surface area (Å²) < 4.78 is 5.05. The molecule has 2 aromatic rings. The molecule has 0 spiro atoms. The molecule has 1 aromatic heterocycles. The summed E-state index contributed by atoms with van der Waals surface area (Å²) in [4.78, 5) is 24.0. The summed E-state index contributed by atoms with van der Waals surface area (Å²) in [5, 5.41) is 23.3. The molecular weight excluding hydrogens is 316 g/mol. The second kappa shape index (κ2) is 6.94. The number of phenolic OH excluding ortho intramolecular Hbond substituents is 1. The van der Waals surface area contributed by atoms with Crippen LogP contribution in [-0.4, -0.2) is 23.1 Å². The number of aryl methyl sites for hydroxylation is 1. The number of amides is 1. The molecular formula is C16H14N2O4S. The second-order valence-electron chi connectivity index (χ2n) is 4.83. The van der Waals surface area contributed by atoms with Gasteiger partial charge in [0.05, 0.1) is 5.56 Å². The van der Waals surface area contributed by atoms with E-state index in [9.17, 15) is 14.7 Å². The number of thiophene rings is 1. The predicted octanol–water partition coefficient (Wildman–Crippen LogP) is 2.82.